The van der Waals surface area contributed by atoms with Crippen molar-refractivity contribution in [3.05, 3.63) is 95.6 Å². The molecular weight excluding hydrogens is 494 g/mol. The van der Waals surface area contributed by atoms with Crippen LogP contribution in [0.4, 0.5) is 8.78 Å². The van der Waals surface area contributed by atoms with Gasteiger partial charge in [0.1, 0.15) is 23.8 Å². The van der Waals surface area contributed by atoms with E-state index in [1.807, 2.05) is 13.0 Å². The average Bonchev–Trinajstić information content (AvgIpc) is 3.28. The molecule has 200 valence electrons. The molecule has 0 bridgehead atoms. The van der Waals surface area contributed by atoms with Gasteiger partial charge in [-0.3, -0.25) is 0 Å². The molecule has 2 aromatic rings. The van der Waals surface area contributed by atoms with Gasteiger partial charge in [-0.15, -0.1) is 0 Å². The number of benzene rings is 2. The minimum Gasteiger partial charge on any atom is -0.460 e. The van der Waals surface area contributed by atoms with Crippen molar-refractivity contribution in [1.82, 2.24) is 0 Å². The van der Waals surface area contributed by atoms with Crippen LogP contribution in [0, 0.1) is 23.5 Å². The van der Waals surface area contributed by atoms with Crippen molar-refractivity contribution >= 4 is 17.9 Å². The minimum absolute atomic E-state index is 0.106. The molecule has 38 heavy (non-hydrogen) atoms. The van der Waals surface area contributed by atoms with Crippen molar-refractivity contribution in [3.8, 4) is 0 Å². The molecule has 1 fully saturated rings. The van der Waals surface area contributed by atoms with E-state index in [9.17, 15) is 23.2 Å². The molecule has 0 saturated heterocycles. The van der Waals surface area contributed by atoms with Gasteiger partial charge in [0, 0.05) is 12.0 Å². The quantitative estimate of drug-likeness (QED) is 0.279. The first-order valence-corrected chi connectivity index (χ1v) is 12.8. The van der Waals surface area contributed by atoms with Gasteiger partial charge in [-0.1, -0.05) is 12.2 Å². The Morgan fingerprint density at radius 1 is 0.868 bits per heavy atom. The normalized spacial score (nSPS) is 27.4. The maximum absolute atomic E-state index is 13.4. The first kappa shape index (κ1) is 27.2. The highest BCUT2D eigenvalue weighted by Crippen LogP contribution is 2.39. The summed E-state index contributed by atoms with van der Waals surface area (Å²) >= 11 is 0. The van der Waals surface area contributed by atoms with Gasteiger partial charge in [0.15, 0.2) is 0 Å². The van der Waals surface area contributed by atoms with Gasteiger partial charge in [0.25, 0.3) is 0 Å². The SMILES string of the molecule is C[C@H]1CCC/C=C/[C@@H]2C[C@H](OC(=O)c3ccc(F)cc3)C[C@H]2[C@H](OC(=O)c2ccc(F)cc2)/C=C/C(=O)O1. The predicted octanol–water partition coefficient (Wildman–Crippen LogP) is 5.97. The van der Waals surface area contributed by atoms with Crippen molar-refractivity contribution in [1.29, 1.82) is 0 Å². The Kier molecular flexibility index (Phi) is 9.05. The molecule has 1 saturated carbocycles. The Hall–Kier alpha value is -3.81. The zero-order chi connectivity index (χ0) is 27.1. The average molecular weight is 525 g/mol. The number of hydrogen-bond donors (Lipinski definition) is 0. The smallest absolute Gasteiger partial charge is 0.338 e. The van der Waals surface area contributed by atoms with Crippen molar-refractivity contribution in [2.24, 2.45) is 11.8 Å². The monoisotopic (exact) mass is 524 g/mol. The van der Waals surface area contributed by atoms with Crippen LogP contribution in [0.25, 0.3) is 0 Å². The molecule has 0 radical (unpaired) electrons. The van der Waals surface area contributed by atoms with E-state index in [1.165, 1.54) is 60.7 Å². The number of esters is 3. The first-order chi connectivity index (χ1) is 18.3. The maximum Gasteiger partial charge on any atom is 0.338 e. The fourth-order valence-electron chi connectivity index (χ4n) is 4.86. The highest BCUT2D eigenvalue weighted by atomic mass is 19.1. The lowest BCUT2D eigenvalue weighted by atomic mass is 9.89. The molecule has 1 aliphatic heterocycles. The molecule has 8 heteroatoms. The second-order valence-electron chi connectivity index (χ2n) is 9.68. The molecule has 0 N–H and O–H groups in total. The van der Waals surface area contributed by atoms with Gasteiger partial charge in [-0.25, -0.2) is 23.2 Å². The van der Waals surface area contributed by atoms with Crippen LogP contribution in [0.3, 0.4) is 0 Å². The summed E-state index contributed by atoms with van der Waals surface area (Å²) in [5, 5.41) is 0. The number of rotatable bonds is 4. The van der Waals surface area contributed by atoms with Crippen molar-refractivity contribution < 1.29 is 37.4 Å². The summed E-state index contributed by atoms with van der Waals surface area (Å²) in [5.41, 5.74) is 0.406. The summed E-state index contributed by atoms with van der Waals surface area (Å²) < 4.78 is 43.6. The maximum atomic E-state index is 13.4. The fourth-order valence-corrected chi connectivity index (χ4v) is 4.86. The summed E-state index contributed by atoms with van der Waals surface area (Å²) in [4.78, 5) is 38.0. The lowest BCUT2D eigenvalue weighted by molar-refractivity contribution is -0.142. The van der Waals surface area contributed by atoms with Gasteiger partial charge in [0.2, 0.25) is 0 Å². The summed E-state index contributed by atoms with van der Waals surface area (Å²) in [6, 6.07) is 10.1. The third-order valence-electron chi connectivity index (χ3n) is 6.82. The highest BCUT2D eigenvalue weighted by molar-refractivity contribution is 5.90. The Labute approximate surface area is 220 Å². The highest BCUT2D eigenvalue weighted by Gasteiger charge is 2.40. The Morgan fingerprint density at radius 2 is 1.47 bits per heavy atom. The van der Waals surface area contributed by atoms with E-state index in [-0.39, 0.29) is 29.1 Å². The number of hydrogen-bond acceptors (Lipinski definition) is 6. The number of carbonyl (C=O) groups excluding carboxylic acids is 3. The summed E-state index contributed by atoms with van der Waals surface area (Å²) in [6.07, 6.45) is 8.48. The minimum atomic E-state index is -0.833. The molecule has 2 aliphatic rings. The van der Waals surface area contributed by atoms with E-state index in [0.717, 1.165) is 12.8 Å². The van der Waals surface area contributed by atoms with Crippen LogP contribution in [0.5, 0.6) is 0 Å². The molecule has 2 aromatic carbocycles. The van der Waals surface area contributed by atoms with Crippen LogP contribution >= 0.6 is 0 Å². The lowest BCUT2D eigenvalue weighted by Gasteiger charge is -2.25. The standard InChI is InChI=1S/C30H30F2O6/c1-19-5-3-2-4-6-22-17-25(37-29(34)20-7-11-23(31)12-8-20)18-26(22)27(15-16-28(33)36-19)38-30(35)21-9-13-24(32)14-10-21/h4,6-16,19,22,25-27H,2-3,5,17-18H2,1H3/b6-4+,16-15+/t19-,22+,25-,26+,27+/m0/s1. The zero-order valence-corrected chi connectivity index (χ0v) is 21.1. The van der Waals surface area contributed by atoms with Gasteiger partial charge < -0.3 is 14.2 Å². The largest absolute Gasteiger partial charge is 0.460 e. The number of cyclic esters (lactones) is 1. The van der Waals surface area contributed by atoms with Gasteiger partial charge >= 0.3 is 17.9 Å². The van der Waals surface area contributed by atoms with Crippen molar-refractivity contribution in [2.75, 3.05) is 0 Å². The number of halogens is 2. The molecular formula is C30H30F2O6. The van der Waals surface area contributed by atoms with Crippen molar-refractivity contribution in [3.63, 3.8) is 0 Å². The number of ether oxygens (including phenoxy) is 3. The molecule has 0 aromatic heterocycles. The van der Waals surface area contributed by atoms with Crippen LogP contribution in [0.1, 0.15) is 59.7 Å². The summed E-state index contributed by atoms with van der Waals surface area (Å²) in [7, 11) is 0. The first-order valence-electron chi connectivity index (χ1n) is 12.8. The predicted molar refractivity (Wildman–Crippen MR) is 135 cm³/mol. The van der Waals surface area contributed by atoms with E-state index in [4.69, 9.17) is 14.2 Å². The van der Waals surface area contributed by atoms with E-state index in [2.05, 4.69) is 6.08 Å². The number of fused-ring (bicyclic) bond motifs is 1. The molecule has 1 heterocycles. The molecule has 1 aliphatic carbocycles. The second-order valence-corrected chi connectivity index (χ2v) is 9.68. The van der Waals surface area contributed by atoms with Gasteiger partial charge in [0.05, 0.1) is 17.2 Å². The Balaban J connectivity index is 1.57. The third kappa shape index (κ3) is 7.37. The molecule has 0 unspecified atom stereocenters. The van der Waals surface area contributed by atoms with E-state index >= 15 is 0 Å². The third-order valence-corrected chi connectivity index (χ3v) is 6.82. The van der Waals surface area contributed by atoms with E-state index < -0.39 is 41.8 Å². The second kappa shape index (κ2) is 12.6. The molecule has 0 amide bonds. The summed E-state index contributed by atoms with van der Waals surface area (Å²) in [5.74, 6) is -3.12. The lowest BCUT2D eigenvalue weighted by Crippen LogP contribution is -2.28. The Morgan fingerprint density at radius 3 is 2.11 bits per heavy atom. The molecule has 0 spiro atoms. The van der Waals surface area contributed by atoms with Crippen LogP contribution in [0.15, 0.2) is 72.8 Å². The topological polar surface area (TPSA) is 78.9 Å². The molecule has 5 atom stereocenters. The van der Waals surface area contributed by atoms with Gasteiger partial charge in [-0.2, -0.15) is 0 Å². The van der Waals surface area contributed by atoms with Crippen molar-refractivity contribution in [2.45, 2.75) is 57.3 Å². The van der Waals surface area contributed by atoms with E-state index in [1.54, 1.807) is 0 Å². The van der Waals surface area contributed by atoms with Crippen LogP contribution in [-0.2, 0) is 19.0 Å². The summed E-state index contributed by atoms with van der Waals surface area (Å²) in [6.45, 7) is 1.83. The Bertz CT molecular complexity index is 1190. The van der Waals surface area contributed by atoms with Crippen LogP contribution in [-0.4, -0.2) is 36.2 Å². The molecule has 6 nitrogen and oxygen atoms in total. The molecule has 4 rings (SSSR count). The van der Waals surface area contributed by atoms with Gasteiger partial charge in [-0.05, 0) is 99.6 Å². The van der Waals surface area contributed by atoms with Crippen LogP contribution in [0.2, 0.25) is 0 Å². The number of carbonyl (C=O) groups is 3. The fraction of sp³-hybridized carbons (Fsp3) is 0.367. The van der Waals surface area contributed by atoms with Crippen LogP contribution < -0.4 is 0 Å². The zero-order valence-electron chi connectivity index (χ0n) is 21.1. The number of allylic oxidation sites excluding steroid dienone is 2. The van der Waals surface area contributed by atoms with E-state index in [0.29, 0.717) is 19.3 Å².